The first-order chi connectivity index (χ1) is 11.9. The highest BCUT2D eigenvalue weighted by atomic mass is 35.5. The lowest BCUT2D eigenvalue weighted by Gasteiger charge is -2.09. The molecule has 5 nitrogen and oxygen atoms in total. The van der Waals surface area contributed by atoms with Crippen LogP contribution in [0, 0.1) is 12.8 Å². The summed E-state index contributed by atoms with van der Waals surface area (Å²) in [5, 5.41) is 6.15. The van der Waals surface area contributed by atoms with E-state index in [0.29, 0.717) is 28.7 Å². The van der Waals surface area contributed by atoms with Gasteiger partial charge in [-0.3, -0.25) is 14.6 Å². The Morgan fingerprint density at radius 2 is 1.92 bits per heavy atom. The van der Waals surface area contributed by atoms with Crippen LogP contribution in [0.2, 0.25) is 5.02 Å². The maximum absolute atomic E-state index is 12.3. The van der Waals surface area contributed by atoms with Crippen molar-refractivity contribution in [2.45, 2.75) is 27.2 Å². The SMILES string of the molecule is Cc1ccc(NC(=O)c2cc(C(=O)NCCC(C)C)ccn2)cc1Cl. The summed E-state index contributed by atoms with van der Waals surface area (Å²) in [4.78, 5) is 28.5. The van der Waals surface area contributed by atoms with Gasteiger partial charge < -0.3 is 10.6 Å². The Kier molecular flexibility index (Phi) is 6.53. The van der Waals surface area contributed by atoms with E-state index in [1.165, 1.54) is 12.3 Å². The van der Waals surface area contributed by atoms with E-state index in [2.05, 4.69) is 29.5 Å². The highest BCUT2D eigenvalue weighted by molar-refractivity contribution is 6.31. The van der Waals surface area contributed by atoms with Crippen molar-refractivity contribution in [1.29, 1.82) is 0 Å². The molecule has 2 N–H and O–H groups in total. The number of nitrogens with zero attached hydrogens (tertiary/aromatic N) is 1. The molecule has 0 aliphatic carbocycles. The van der Waals surface area contributed by atoms with Gasteiger partial charge in [-0.25, -0.2) is 0 Å². The van der Waals surface area contributed by atoms with Gasteiger partial charge >= 0.3 is 0 Å². The fraction of sp³-hybridized carbons (Fsp3) is 0.316. The number of halogens is 1. The van der Waals surface area contributed by atoms with Gasteiger partial charge in [0, 0.05) is 29.0 Å². The molecule has 0 fully saturated rings. The summed E-state index contributed by atoms with van der Waals surface area (Å²) < 4.78 is 0. The first-order valence-electron chi connectivity index (χ1n) is 8.18. The van der Waals surface area contributed by atoms with Crippen molar-refractivity contribution in [3.05, 3.63) is 58.4 Å². The number of carbonyl (C=O) groups excluding carboxylic acids is 2. The number of carbonyl (C=O) groups is 2. The van der Waals surface area contributed by atoms with Crippen molar-refractivity contribution >= 4 is 29.1 Å². The lowest BCUT2D eigenvalue weighted by atomic mass is 10.1. The van der Waals surface area contributed by atoms with Gasteiger partial charge in [-0.1, -0.05) is 31.5 Å². The quantitative estimate of drug-likeness (QED) is 0.816. The van der Waals surface area contributed by atoms with Crippen LogP contribution in [0.15, 0.2) is 36.5 Å². The maximum atomic E-state index is 12.3. The molecule has 0 spiro atoms. The molecule has 1 aromatic carbocycles. The number of pyridine rings is 1. The van der Waals surface area contributed by atoms with Gasteiger partial charge in [-0.2, -0.15) is 0 Å². The Morgan fingerprint density at radius 3 is 2.60 bits per heavy atom. The fourth-order valence-electron chi connectivity index (χ4n) is 2.14. The summed E-state index contributed by atoms with van der Waals surface area (Å²) in [6, 6.07) is 8.34. The average molecular weight is 360 g/mol. The smallest absolute Gasteiger partial charge is 0.274 e. The minimum atomic E-state index is -0.392. The Morgan fingerprint density at radius 1 is 1.16 bits per heavy atom. The van der Waals surface area contributed by atoms with Gasteiger partial charge in [-0.05, 0) is 49.1 Å². The summed E-state index contributed by atoms with van der Waals surface area (Å²) >= 11 is 6.06. The van der Waals surface area contributed by atoms with E-state index in [9.17, 15) is 9.59 Å². The molecule has 6 heteroatoms. The molecular weight excluding hydrogens is 338 g/mol. The van der Waals surface area contributed by atoms with E-state index in [1.807, 2.05) is 13.0 Å². The molecule has 0 atom stereocenters. The van der Waals surface area contributed by atoms with Crippen molar-refractivity contribution in [2.24, 2.45) is 5.92 Å². The van der Waals surface area contributed by atoms with Crippen LogP contribution in [0.1, 0.15) is 46.7 Å². The molecule has 2 aromatic rings. The Hall–Kier alpha value is -2.40. The monoisotopic (exact) mass is 359 g/mol. The molecule has 0 radical (unpaired) electrons. The molecule has 2 rings (SSSR count). The number of rotatable bonds is 6. The molecule has 25 heavy (non-hydrogen) atoms. The summed E-state index contributed by atoms with van der Waals surface area (Å²) in [5.74, 6) is -0.0901. The Balaban J connectivity index is 2.05. The van der Waals surface area contributed by atoms with E-state index in [-0.39, 0.29) is 11.6 Å². The van der Waals surface area contributed by atoms with Crippen LogP contribution in [0.4, 0.5) is 5.69 Å². The summed E-state index contributed by atoms with van der Waals surface area (Å²) in [6.07, 6.45) is 2.35. The molecule has 1 aromatic heterocycles. The topological polar surface area (TPSA) is 71.1 Å². The van der Waals surface area contributed by atoms with Crippen molar-refractivity contribution in [3.8, 4) is 0 Å². The van der Waals surface area contributed by atoms with Gasteiger partial charge in [-0.15, -0.1) is 0 Å². The van der Waals surface area contributed by atoms with E-state index >= 15 is 0 Å². The lowest BCUT2D eigenvalue weighted by molar-refractivity contribution is 0.0952. The fourth-order valence-corrected chi connectivity index (χ4v) is 2.32. The number of aromatic nitrogens is 1. The molecule has 0 unspecified atom stereocenters. The first kappa shape index (κ1) is 18.9. The number of aryl methyl sites for hydroxylation is 1. The molecule has 0 saturated heterocycles. The Bertz CT molecular complexity index is 775. The molecule has 0 bridgehead atoms. The number of benzene rings is 1. The summed E-state index contributed by atoms with van der Waals surface area (Å²) in [6.45, 7) is 6.68. The molecule has 1 heterocycles. The van der Waals surface area contributed by atoms with Crippen molar-refractivity contribution in [3.63, 3.8) is 0 Å². The third-order valence-corrected chi connectivity index (χ3v) is 4.10. The van der Waals surface area contributed by atoms with Gasteiger partial charge in [0.15, 0.2) is 0 Å². The number of hydrogen-bond acceptors (Lipinski definition) is 3. The van der Waals surface area contributed by atoms with Gasteiger partial charge in [0.1, 0.15) is 5.69 Å². The summed E-state index contributed by atoms with van der Waals surface area (Å²) in [7, 11) is 0. The molecule has 0 aliphatic heterocycles. The largest absolute Gasteiger partial charge is 0.352 e. The van der Waals surface area contributed by atoms with Gasteiger partial charge in [0.05, 0.1) is 0 Å². The van der Waals surface area contributed by atoms with Crippen LogP contribution in [0.5, 0.6) is 0 Å². The second kappa shape index (κ2) is 8.62. The first-order valence-corrected chi connectivity index (χ1v) is 8.56. The minimum Gasteiger partial charge on any atom is -0.352 e. The van der Waals surface area contributed by atoms with Crippen LogP contribution < -0.4 is 10.6 Å². The van der Waals surface area contributed by atoms with Crippen molar-refractivity contribution in [2.75, 3.05) is 11.9 Å². The zero-order chi connectivity index (χ0) is 18.4. The molecule has 132 valence electrons. The van der Waals surface area contributed by atoms with Crippen LogP contribution in [-0.4, -0.2) is 23.3 Å². The van der Waals surface area contributed by atoms with Crippen LogP contribution >= 0.6 is 11.6 Å². The maximum Gasteiger partial charge on any atom is 0.274 e. The third-order valence-electron chi connectivity index (χ3n) is 3.69. The van der Waals surface area contributed by atoms with Crippen LogP contribution in [-0.2, 0) is 0 Å². The zero-order valence-electron chi connectivity index (χ0n) is 14.6. The van der Waals surface area contributed by atoms with E-state index in [0.717, 1.165) is 12.0 Å². The van der Waals surface area contributed by atoms with Gasteiger partial charge in [0.2, 0.25) is 0 Å². The third kappa shape index (κ3) is 5.57. The standard InChI is InChI=1S/C19H22ClN3O2/c1-12(2)6-8-22-18(24)14-7-9-21-17(10-14)19(25)23-15-5-4-13(3)16(20)11-15/h4-5,7,9-12H,6,8H2,1-3H3,(H,22,24)(H,23,25). The number of amides is 2. The predicted octanol–water partition coefficient (Wildman–Crippen LogP) is 4.07. The van der Waals surface area contributed by atoms with E-state index in [4.69, 9.17) is 11.6 Å². The second-order valence-electron chi connectivity index (χ2n) is 6.29. The molecule has 0 saturated carbocycles. The highest BCUT2D eigenvalue weighted by Crippen LogP contribution is 2.20. The van der Waals surface area contributed by atoms with Crippen LogP contribution in [0.25, 0.3) is 0 Å². The normalized spacial score (nSPS) is 10.6. The molecular formula is C19H22ClN3O2. The van der Waals surface area contributed by atoms with Crippen molar-refractivity contribution < 1.29 is 9.59 Å². The number of anilines is 1. The highest BCUT2D eigenvalue weighted by Gasteiger charge is 2.12. The van der Waals surface area contributed by atoms with E-state index < -0.39 is 5.91 Å². The predicted molar refractivity (Wildman–Crippen MR) is 100 cm³/mol. The Labute approximate surface area is 152 Å². The van der Waals surface area contributed by atoms with Crippen LogP contribution in [0.3, 0.4) is 0 Å². The molecule has 2 amide bonds. The second-order valence-corrected chi connectivity index (χ2v) is 6.69. The summed E-state index contributed by atoms with van der Waals surface area (Å²) in [5.41, 5.74) is 2.09. The van der Waals surface area contributed by atoms with Crippen molar-refractivity contribution in [1.82, 2.24) is 10.3 Å². The number of hydrogen-bond donors (Lipinski definition) is 2. The lowest BCUT2D eigenvalue weighted by Crippen LogP contribution is -2.26. The minimum absolute atomic E-state index is 0.174. The molecule has 0 aliphatic rings. The van der Waals surface area contributed by atoms with E-state index in [1.54, 1.807) is 18.2 Å². The van der Waals surface area contributed by atoms with Gasteiger partial charge in [0.25, 0.3) is 11.8 Å². The zero-order valence-corrected chi connectivity index (χ0v) is 15.4. The number of nitrogens with one attached hydrogen (secondary N) is 2. The average Bonchev–Trinajstić information content (AvgIpc) is 2.58.